The van der Waals surface area contributed by atoms with Gasteiger partial charge in [-0.3, -0.25) is 0 Å². The summed E-state index contributed by atoms with van der Waals surface area (Å²) in [7, 11) is 0. The maximum Gasteiger partial charge on any atom is -0.0103 e. The molecular formula is C13H16. The van der Waals surface area contributed by atoms with Crippen LogP contribution in [0.2, 0.25) is 0 Å². The summed E-state index contributed by atoms with van der Waals surface area (Å²) in [5, 5.41) is 0. The Hall–Kier alpha value is -1.48. The largest absolute Gasteiger partial charge is 0.125 e. The normalized spacial score (nSPS) is 9.31. The lowest BCUT2D eigenvalue weighted by molar-refractivity contribution is 1.40. The number of allylic oxidation sites excluding steroid dienone is 5. The van der Waals surface area contributed by atoms with Crippen LogP contribution < -0.4 is 0 Å². The van der Waals surface area contributed by atoms with Gasteiger partial charge in [0.1, 0.15) is 0 Å². The van der Waals surface area contributed by atoms with E-state index in [2.05, 4.69) is 18.0 Å². The van der Waals surface area contributed by atoms with Crippen molar-refractivity contribution in [3.63, 3.8) is 0 Å². The lowest BCUT2D eigenvalue weighted by Crippen LogP contribution is -1.67. The van der Waals surface area contributed by atoms with Crippen molar-refractivity contribution in [2.24, 2.45) is 0 Å². The SMILES string of the molecule is C=CC=C(C=C=CC)C=C=C(C)C. The molecule has 0 unspecified atom stereocenters. The van der Waals surface area contributed by atoms with E-state index in [1.54, 1.807) is 6.08 Å². The van der Waals surface area contributed by atoms with Crippen LogP contribution in [0.5, 0.6) is 0 Å². The van der Waals surface area contributed by atoms with Crippen LogP contribution in [-0.2, 0) is 0 Å². The highest BCUT2D eigenvalue weighted by Gasteiger charge is 1.80. The van der Waals surface area contributed by atoms with Gasteiger partial charge >= 0.3 is 0 Å². The van der Waals surface area contributed by atoms with Crippen molar-refractivity contribution in [1.29, 1.82) is 0 Å². The first kappa shape index (κ1) is 11.5. The van der Waals surface area contributed by atoms with Gasteiger partial charge < -0.3 is 0 Å². The first-order valence-corrected chi connectivity index (χ1v) is 4.30. The molecule has 0 aliphatic carbocycles. The van der Waals surface area contributed by atoms with Crippen molar-refractivity contribution in [1.82, 2.24) is 0 Å². The average Bonchev–Trinajstić information content (AvgIpc) is 2.09. The number of rotatable bonds is 3. The summed E-state index contributed by atoms with van der Waals surface area (Å²) >= 11 is 0. The maximum atomic E-state index is 3.65. The van der Waals surface area contributed by atoms with Gasteiger partial charge in [0.2, 0.25) is 0 Å². The molecule has 0 saturated heterocycles. The zero-order valence-electron chi connectivity index (χ0n) is 8.59. The fourth-order valence-electron chi connectivity index (χ4n) is 0.681. The van der Waals surface area contributed by atoms with E-state index in [4.69, 9.17) is 0 Å². The van der Waals surface area contributed by atoms with Gasteiger partial charge in [-0.1, -0.05) is 18.7 Å². The Morgan fingerprint density at radius 2 is 1.92 bits per heavy atom. The molecule has 0 aromatic rings. The Balaban J connectivity index is 4.86. The van der Waals surface area contributed by atoms with Crippen molar-refractivity contribution in [2.45, 2.75) is 20.8 Å². The standard InChI is InChI=1S/C13H16/c1-5-7-9-13(8-6-2)11-10-12(3)4/h5-6,8-9,11H,2H2,1,3-4H3. The number of hydrogen-bond donors (Lipinski definition) is 0. The summed E-state index contributed by atoms with van der Waals surface area (Å²) in [4.78, 5) is 0. The molecule has 13 heavy (non-hydrogen) atoms. The minimum Gasteiger partial charge on any atom is -0.125 e. The Bertz CT molecular complexity index is 308. The third kappa shape index (κ3) is 6.90. The van der Waals surface area contributed by atoms with Crippen LogP contribution in [0, 0.1) is 0 Å². The van der Waals surface area contributed by atoms with Gasteiger partial charge in [-0.15, -0.1) is 11.5 Å². The predicted molar refractivity (Wildman–Crippen MR) is 59.6 cm³/mol. The first-order chi connectivity index (χ1) is 6.20. The molecule has 0 fully saturated rings. The third-order valence-corrected chi connectivity index (χ3v) is 1.25. The fourth-order valence-corrected chi connectivity index (χ4v) is 0.681. The number of hydrogen-bond acceptors (Lipinski definition) is 0. The monoisotopic (exact) mass is 172 g/mol. The van der Waals surface area contributed by atoms with Crippen LogP contribution in [0.3, 0.4) is 0 Å². The second-order valence-corrected chi connectivity index (χ2v) is 2.79. The lowest BCUT2D eigenvalue weighted by atomic mass is 10.2. The van der Waals surface area contributed by atoms with Gasteiger partial charge in [-0.2, -0.15) is 0 Å². The molecular weight excluding hydrogens is 156 g/mol. The molecule has 0 bridgehead atoms. The van der Waals surface area contributed by atoms with Crippen LogP contribution in [0.1, 0.15) is 20.8 Å². The highest BCUT2D eigenvalue weighted by Crippen LogP contribution is 1.99. The van der Waals surface area contributed by atoms with Crippen molar-refractivity contribution in [2.75, 3.05) is 0 Å². The van der Waals surface area contributed by atoms with Gasteiger partial charge in [-0.25, -0.2) is 0 Å². The van der Waals surface area contributed by atoms with Crippen LogP contribution in [0.4, 0.5) is 0 Å². The second-order valence-electron chi connectivity index (χ2n) is 2.79. The molecule has 0 spiro atoms. The molecule has 0 heterocycles. The van der Waals surface area contributed by atoms with Gasteiger partial charge in [0.05, 0.1) is 0 Å². The Kier molecular flexibility index (Phi) is 6.37. The second kappa shape index (κ2) is 7.18. The van der Waals surface area contributed by atoms with E-state index in [1.165, 1.54) is 0 Å². The van der Waals surface area contributed by atoms with E-state index in [0.29, 0.717) is 0 Å². The van der Waals surface area contributed by atoms with Crippen molar-refractivity contribution < 1.29 is 0 Å². The summed E-state index contributed by atoms with van der Waals surface area (Å²) in [6.45, 7) is 9.61. The van der Waals surface area contributed by atoms with Crippen molar-refractivity contribution in [3.05, 3.63) is 59.6 Å². The van der Waals surface area contributed by atoms with Crippen LogP contribution in [0.25, 0.3) is 0 Å². The Labute approximate surface area is 81.0 Å². The molecule has 0 aliphatic rings. The van der Waals surface area contributed by atoms with Gasteiger partial charge in [0.15, 0.2) is 0 Å². The summed E-state index contributed by atoms with van der Waals surface area (Å²) in [6.07, 6.45) is 9.37. The summed E-state index contributed by atoms with van der Waals surface area (Å²) in [6, 6.07) is 0. The smallest absolute Gasteiger partial charge is 0.0103 e. The predicted octanol–water partition coefficient (Wildman–Crippen LogP) is 3.95. The van der Waals surface area contributed by atoms with Crippen LogP contribution in [0.15, 0.2) is 59.6 Å². The molecule has 0 saturated carbocycles. The van der Waals surface area contributed by atoms with E-state index in [-0.39, 0.29) is 0 Å². The van der Waals surface area contributed by atoms with Crippen molar-refractivity contribution in [3.8, 4) is 0 Å². The van der Waals surface area contributed by atoms with Crippen molar-refractivity contribution >= 4 is 0 Å². The summed E-state index contributed by atoms with van der Waals surface area (Å²) in [5.41, 5.74) is 8.35. The van der Waals surface area contributed by atoms with Gasteiger partial charge in [0, 0.05) is 0 Å². The minimum atomic E-state index is 1.05. The molecule has 0 heteroatoms. The molecule has 68 valence electrons. The minimum absolute atomic E-state index is 1.05. The highest BCUT2D eigenvalue weighted by molar-refractivity contribution is 5.33. The Morgan fingerprint density at radius 1 is 1.23 bits per heavy atom. The molecule has 0 N–H and O–H groups in total. The molecule has 0 nitrogen and oxygen atoms in total. The van der Waals surface area contributed by atoms with E-state index < -0.39 is 0 Å². The van der Waals surface area contributed by atoms with E-state index in [0.717, 1.165) is 11.1 Å². The van der Waals surface area contributed by atoms with E-state index in [9.17, 15) is 0 Å². The molecule has 0 aromatic heterocycles. The lowest BCUT2D eigenvalue weighted by Gasteiger charge is -1.86. The van der Waals surface area contributed by atoms with Crippen LogP contribution in [-0.4, -0.2) is 0 Å². The van der Waals surface area contributed by atoms with Crippen LogP contribution >= 0.6 is 0 Å². The molecule has 0 amide bonds. The Morgan fingerprint density at radius 3 is 2.38 bits per heavy atom. The molecule has 0 aliphatic heterocycles. The van der Waals surface area contributed by atoms with E-state index >= 15 is 0 Å². The molecule has 0 rings (SSSR count). The summed E-state index contributed by atoms with van der Waals surface area (Å²) in [5.74, 6) is 0. The van der Waals surface area contributed by atoms with E-state index in [1.807, 2.05) is 45.1 Å². The maximum absolute atomic E-state index is 3.65. The molecule has 0 atom stereocenters. The van der Waals surface area contributed by atoms with Gasteiger partial charge in [-0.05, 0) is 50.1 Å². The quantitative estimate of drug-likeness (QED) is 0.446. The third-order valence-electron chi connectivity index (χ3n) is 1.25. The molecule has 0 radical (unpaired) electrons. The van der Waals surface area contributed by atoms with Gasteiger partial charge in [0.25, 0.3) is 0 Å². The first-order valence-electron chi connectivity index (χ1n) is 4.30. The zero-order chi connectivity index (χ0) is 10.1. The fraction of sp³-hybridized carbons (Fsp3) is 0.231. The highest BCUT2D eigenvalue weighted by atomic mass is 13.8. The summed E-state index contributed by atoms with van der Waals surface area (Å²) < 4.78 is 0. The topological polar surface area (TPSA) is 0 Å². The average molecular weight is 172 g/mol. The molecule has 0 aromatic carbocycles. The zero-order valence-corrected chi connectivity index (χ0v) is 8.59.